The first-order valence-corrected chi connectivity index (χ1v) is 11.7. The normalized spacial score (nSPS) is 33.2. The van der Waals surface area contributed by atoms with Crippen LogP contribution >= 0.6 is 0 Å². The molecule has 0 radical (unpaired) electrons. The molecule has 4 aliphatic heterocycles. The standard InChI is InChI=1S/C25H32N2O2/c28-24(13-17-6-7-23-18(12-17)8-11-29-23)27-10-3-4-19-14-20-15-21(25(19)27)16-26-9-2-1-5-22(20)26/h6-7,12,14,20-22,25H,1-5,8-11,13,15-16H2/t20-,21+,22-,25-/m0/s1. The van der Waals surface area contributed by atoms with Gasteiger partial charge >= 0.3 is 0 Å². The van der Waals surface area contributed by atoms with Gasteiger partial charge in [0, 0.05) is 25.6 Å². The maximum atomic E-state index is 13.4. The fraction of sp³-hybridized carbons (Fsp3) is 0.640. The number of carbonyl (C=O) groups is 1. The Morgan fingerprint density at radius 3 is 3.07 bits per heavy atom. The maximum absolute atomic E-state index is 13.4. The number of hydrogen-bond donors (Lipinski definition) is 0. The summed E-state index contributed by atoms with van der Waals surface area (Å²) in [5.74, 6) is 2.68. The molecule has 1 amide bonds. The van der Waals surface area contributed by atoms with E-state index in [9.17, 15) is 4.79 Å². The van der Waals surface area contributed by atoms with Crippen LogP contribution in [0.2, 0.25) is 0 Å². The summed E-state index contributed by atoms with van der Waals surface area (Å²) in [6, 6.07) is 7.45. The number of fused-ring (bicyclic) bond motifs is 7. The zero-order chi connectivity index (χ0) is 19.4. The Bertz CT molecular complexity index is 847. The fourth-order valence-corrected chi connectivity index (χ4v) is 6.88. The molecule has 1 aliphatic carbocycles. The van der Waals surface area contributed by atoms with Crippen molar-refractivity contribution in [2.45, 2.75) is 63.5 Å². The molecule has 4 nitrogen and oxygen atoms in total. The van der Waals surface area contributed by atoms with Gasteiger partial charge in [0.1, 0.15) is 5.75 Å². The molecule has 29 heavy (non-hydrogen) atoms. The van der Waals surface area contributed by atoms with Crippen molar-refractivity contribution in [3.63, 3.8) is 0 Å². The number of ether oxygens (including phenoxy) is 1. The van der Waals surface area contributed by atoms with Crippen molar-refractivity contribution in [2.75, 3.05) is 26.2 Å². The second-order valence-electron chi connectivity index (χ2n) is 9.81. The first kappa shape index (κ1) is 18.0. The van der Waals surface area contributed by atoms with Crippen LogP contribution in [0, 0.1) is 11.8 Å². The Morgan fingerprint density at radius 1 is 1.14 bits per heavy atom. The molecule has 2 bridgehead atoms. The van der Waals surface area contributed by atoms with Gasteiger partial charge in [0.25, 0.3) is 0 Å². The van der Waals surface area contributed by atoms with Gasteiger partial charge in [-0.25, -0.2) is 0 Å². The van der Waals surface area contributed by atoms with E-state index < -0.39 is 0 Å². The van der Waals surface area contributed by atoms with Gasteiger partial charge in [-0.1, -0.05) is 30.2 Å². The van der Waals surface area contributed by atoms with Crippen molar-refractivity contribution in [1.29, 1.82) is 0 Å². The number of rotatable bonds is 2. The van der Waals surface area contributed by atoms with E-state index in [2.05, 4.69) is 34.1 Å². The summed E-state index contributed by atoms with van der Waals surface area (Å²) < 4.78 is 5.63. The second-order valence-corrected chi connectivity index (χ2v) is 9.81. The van der Waals surface area contributed by atoms with Gasteiger partial charge in [0.15, 0.2) is 0 Å². The van der Waals surface area contributed by atoms with E-state index in [0.29, 0.717) is 24.3 Å². The van der Waals surface area contributed by atoms with Crippen LogP contribution in [0.25, 0.3) is 0 Å². The average molecular weight is 393 g/mol. The lowest BCUT2D eigenvalue weighted by molar-refractivity contribution is -0.135. The third-order valence-corrected chi connectivity index (χ3v) is 8.09. The molecule has 5 aliphatic rings. The van der Waals surface area contributed by atoms with Crippen molar-refractivity contribution in [3.05, 3.63) is 41.0 Å². The summed E-state index contributed by atoms with van der Waals surface area (Å²) in [5.41, 5.74) is 3.99. The number of hydrogen-bond acceptors (Lipinski definition) is 3. The van der Waals surface area contributed by atoms with E-state index in [1.165, 1.54) is 50.8 Å². The first-order chi connectivity index (χ1) is 14.3. The van der Waals surface area contributed by atoms with Crippen LogP contribution in [0.15, 0.2) is 29.8 Å². The van der Waals surface area contributed by atoms with Crippen molar-refractivity contribution in [1.82, 2.24) is 9.80 Å². The molecule has 154 valence electrons. The lowest BCUT2D eigenvalue weighted by Crippen LogP contribution is -2.60. The molecule has 4 atom stereocenters. The predicted octanol–water partition coefficient (Wildman–Crippen LogP) is 3.59. The average Bonchev–Trinajstić information content (AvgIpc) is 3.21. The third-order valence-electron chi connectivity index (χ3n) is 8.09. The molecule has 0 N–H and O–H groups in total. The summed E-state index contributed by atoms with van der Waals surface area (Å²) in [7, 11) is 0. The molecule has 6 rings (SSSR count). The van der Waals surface area contributed by atoms with E-state index >= 15 is 0 Å². The van der Waals surface area contributed by atoms with Crippen LogP contribution in [0.5, 0.6) is 5.75 Å². The van der Waals surface area contributed by atoms with Gasteiger partial charge in [0.2, 0.25) is 5.91 Å². The zero-order valence-corrected chi connectivity index (χ0v) is 17.3. The molecule has 4 heteroatoms. The minimum Gasteiger partial charge on any atom is -0.493 e. The summed E-state index contributed by atoms with van der Waals surface area (Å²) in [6.45, 7) is 4.16. The smallest absolute Gasteiger partial charge is 0.227 e. The molecule has 1 aromatic carbocycles. The molecule has 0 saturated carbocycles. The Morgan fingerprint density at radius 2 is 2.10 bits per heavy atom. The zero-order valence-electron chi connectivity index (χ0n) is 17.3. The van der Waals surface area contributed by atoms with Crippen LogP contribution in [0.1, 0.15) is 49.7 Å². The van der Waals surface area contributed by atoms with Gasteiger partial charge in [-0.05, 0) is 67.7 Å². The van der Waals surface area contributed by atoms with E-state index in [-0.39, 0.29) is 0 Å². The van der Waals surface area contributed by atoms with Crippen LogP contribution < -0.4 is 4.74 Å². The Hall–Kier alpha value is -1.81. The third kappa shape index (κ3) is 3.11. The Labute approximate surface area is 173 Å². The fourth-order valence-electron chi connectivity index (χ4n) is 6.88. The van der Waals surface area contributed by atoms with Gasteiger partial charge in [-0.3, -0.25) is 9.69 Å². The molecule has 0 spiro atoms. The van der Waals surface area contributed by atoms with E-state index in [0.717, 1.165) is 49.3 Å². The minimum atomic E-state index is 0.318. The van der Waals surface area contributed by atoms with E-state index in [1.54, 1.807) is 5.57 Å². The van der Waals surface area contributed by atoms with Crippen molar-refractivity contribution < 1.29 is 9.53 Å². The predicted molar refractivity (Wildman–Crippen MR) is 113 cm³/mol. The number of benzene rings is 1. The quantitative estimate of drug-likeness (QED) is 0.721. The minimum absolute atomic E-state index is 0.318. The molecule has 3 fully saturated rings. The highest BCUT2D eigenvalue weighted by molar-refractivity contribution is 5.80. The van der Waals surface area contributed by atoms with E-state index in [1.807, 2.05) is 0 Å². The summed E-state index contributed by atoms with van der Waals surface area (Å²) in [4.78, 5) is 18.4. The van der Waals surface area contributed by atoms with Crippen LogP contribution in [-0.2, 0) is 17.6 Å². The summed E-state index contributed by atoms with van der Waals surface area (Å²) in [6.07, 6.45) is 11.8. The van der Waals surface area contributed by atoms with Crippen LogP contribution in [0.3, 0.4) is 0 Å². The maximum Gasteiger partial charge on any atom is 0.227 e. The molecule has 3 saturated heterocycles. The Kier molecular flexibility index (Phi) is 4.44. The van der Waals surface area contributed by atoms with E-state index in [4.69, 9.17) is 4.74 Å². The molecule has 1 aromatic rings. The van der Waals surface area contributed by atoms with Gasteiger partial charge in [-0.2, -0.15) is 0 Å². The lowest BCUT2D eigenvalue weighted by atomic mass is 9.68. The van der Waals surface area contributed by atoms with Crippen molar-refractivity contribution in [3.8, 4) is 5.75 Å². The SMILES string of the molecule is O=C(Cc1ccc2c(c1)CCO2)N1CCCC2=C[C@H]3C[C@H](CN4CCCC[C@@H]34)[C@H]21. The van der Waals surface area contributed by atoms with Gasteiger partial charge in [-0.15, -0.1) is 0 Å². The number of likely N-dealkylation sites (tertiary alicyclic amines) is 1. The van der Waals surface area contributed by atoms with Crippen LogP contribution in [-0.4, -0.2) is 54.0 Å². The van der Waals surface area contributed by atoms with Gasteiger partial charge < -0.3 is 9.64 Å². The highest BCUT2D eigenvalue weighted by Gasteiger charge is 2.46. The largest absolute Gasteiger partial charge is 0.493 e. The monoisotopic (exact) mass is 392 g/mol. The number of amides is 1. The molecular formula is C25H32N2O2. The Balaban J connectivity index is 1.24. The summed E-state index contributed by atoms with van der Waals surface area (Å²) in [5, 5.41) is 0. The number of piperidine rings is 3. The molecule has 4 heterocycles. The number of carbonyl (C=O) groups excluding carboxylic acids is 1. The number of nitrogens with zero attached hydrogens (tertiary/aromatic N) is 2. The molecular weight excluding hydrogens is 360 g/mol. The summed E-state index contributed by atoms with van der Waals surface area (Å²) >= 11 is 0. The van der Waals surface area contributed by atoms with Gasteiger partial charge in [0.05, 0.1) is 19.1 Å². The highest BCUT2D eigenvalue weighted by Crippen LogP contribution is 2.45. The molecule has 0 unspecified atom stereocenters. The topological polar surface area (TPSA) is 32.8 Å². The first-order valence-electron chi connectivity index (χ1n) is 11.7. The second kappa shape index (κ2) is 7.16. The van der Waals surface area contributed by atoms with Crippen molar-refractivity contribution in [2.24, 2.45) is 11.8 Å². The highest BCUT2D eigenvalue weighted by atomic mass is 16.5. The molecule has 0 aromatic heterocycles. The van der Waals surface area contributed by atoms with Crippen molar-refractivity contribution >= 4 is 5.91 Å². The van der Waals surface area contributed by atoms with Crippen LogP contribution in [0.4, 0.5) is 0 Å². The lowest BCUT2D eigenvalue weighted by Gasteiger charge is -2.54.